The number of anilines is 1. The molecular weight excluding hydrogens is 392 g/mol. The van der Waals surface area contributed by atoms with Crippen LogP contribution < -0.4 is 10.2 Å². The number of fused-ring (bicyclic) bond motifs is 1. The van der Waals surface area contributed by atoms with Crippen molar-refractivity contribution in [3.05, 3.63) is 65.2 Å². The highest BCUT2D eigenvalue weighted by Crippen LogP contribution is 2.51. The molecule has 2 heterocycles. The number of amides is 2. The Morgan fingerprint density at radius 3 is 2.13 bits per heavy atom. The van der Waals surface area contributed by atoms with E-state index in [1.165, 1.54) is 12.0 Å². The van der Waals surface area contributed by atoms with Gasteiger partial charge in [-0.15, -0.1) is 0 Å². The van der Waals surface area contributed by atoms with Crippen molar-refractivity contribution in [3.63, 3.8) is 0 Å². The number of rotatable bonds is 5. The Kier molecular flexibility index (Phi) is 5.43. The summed E-state index contributed by atoms with van der Waals surface area (Å²) in [6.45, 7) is 5.90. The highest BCUT2D eigenvalue weighted by atomic mass is 16.5. The van der Waals surface area contributed by atoms with Gasteiger partial charge in [-0.1, -0.05) is 60.9 Å². The monoisotopic (exact) mass is 420 g/mol. The smallest absolute Gasteiger partial charge is 0.326 e. The van der Waals surface area contributed by atoms with Crippen molar-refractivity contribution in [1.29, 1.82) is 0 Å². The van der Waals surface area contributed by atoms with Crippen molar-refractivity contribution in [2.45, 2.75) is 45.2 Å². The second-order valence-corrected chi connectivity index (χ2v) is 8.60. The van der Waals surface area contributed by atoms with Crippen molar-refractivity contribution in [2.24, 2.45) is 11.8 Å². The predicted octanol–water partition coefficient (Wildman–Crippen LogP) is 3.47. The average Bonchev–Trinajstić information content (AvgIpc) is 3.24. The van der Waals surface area contributed by atoms with Gasteiger partial charge in [0.05, 0.1) is 24.6 Å². The number of hydrogen-bond donors (Lipinski definition) is 1. The standard InChI is InChI=1S/C25H28N2O4/c1-5-14-25(24(30)31-4)20-19(21(26-25)17-10-6-15(2)7-11-17)22(28)27(23(20)29)18-12-8-16(3)9-13-18/h6-13,19-21,26H,5,14H2,1-4H3/t19-,20+,21-,25-/m0/s1. The van der Waals surface area contributed by atoms with Gasteiger partial charge < -0.3 is 4.74 Å². The second kappa shape index (κ2) is 7.93. The highest BCUT2D eigenvalue weighted by molar-refractivity contribution is 6.24. The van der Waals surface area contributed by atoms with E-state index in [-0.39, 0.29) is 11.8 Å². The molecule has 4 atom stereocenters. The molecule has 0 radical (unpaired) electrons. The van der Waals surface area contributed by atoms with Crippen molar-refractivity contribution >= 4 is 23.5 Å². The first-order valence-corrected chi connectivity index (χ1v) is 10.7. The Morgan fingerprint density at radius 1 is 1.00 bits per heavy atom. The Bertz CT molecular complexity index is 1010. The summed E-state index contributed by atoms with van der Waals surface area (Å²) >= 11 is 0. The molecule has 2 aliphatic heterocycles. The normalized spacial score (nSPS) is 27.5. The summed E-state index contributed by atoms with van der Waals surface area (Å²) in [5.41, 5.74) is 2.32. The van der Waals surface area contributed by atoms with Crippen molar-refractivity contribution in [3.8, 4) is 0 Å². The Hall–Kier alpha value is -2.99. The largest absolute Gasteiger partial charge is 0.468 e. The third kappa shape index (κ3) is 3.26. The Balaban J connectivity index is 1.85. The molecule has 2 amide bonds. The van der Waals surface area contributed by atoms with Crippen molar-refractivity contribution < 1.29 is 19.1 Å². The molecule has 4 rings (SSSR count). The zero-order chi connectivity index (χ0) is 22.3. The molecule has 6 heteroatoms. The number of benzene rings is 2. The first kappa shape index (κ1) is 21.2. The van der Waals surface area contributed by atoms with Crippen LogP contribution in [-0.2, 0) is 19.1 Å². The predicted molar refractivity (Wildman–Crippen MR) is 117 cm³/mol. The summed E-state index contributed by atoms with van der Waals surface area (Å²) in [4.78, 5) is 41.7. The lowest BCUT2D eigenvalue weighted by Gasteiger charge is -2.32. The van der Waals surface area contributed by atoms with E-state index in [9.17, 15) is 14.4 Å². The van der Waals surface area contributed by atoms with Gasteiger partial charge in [0.2, 0.25) is 11.8 Å². The molecule has 162 valence electrons. The molecule has 0 unspecified atom stereocenters. The zero-order valence-corrected chi connectivity index (χ0v) is 18.3. The van der Waals surface area contributed by atoms with E-state index in [1.54, 1.807) is 12.1 Å². The lowest BCUT2D eigenvalue weighted by molar-refractivity contribution is -0.152. The molecule has 0 aromatic heterocycles. The zero-order valence-electron chi connectivity index (χ0n) is 18.3. The van der Waals surface area contributed by atoms with E-state index in [0.717, 1.165) is 16.7 Å². The minimum atomic E-state index is -1.24. The van der Waals surface area contributed by atoms with Gasteiger partial charge in [-0.05, 0) is 38.0 Å². The molecule has 2 aromatic rings. The molecule has 1 N–H and O–H groups in total. The molecule has 31 heavy (non-hydrogen) atoms. The molecule has 0 spiro atoms. The van der Waals surface area contributed by atoms with Crippen molar-refractivity contribution in [1.82, 2.24) is 5.32 Å². The Labute approximate surface area is 182 Å². The van der Waals surface area contributed by atoms with E-state index in [0.29, 0.717) is 18.5 Å². The van der Waals surface area contributed by atoms with Crippen LogP contribution >= 0.6 is 0 Å². The summed E-state index contributed by atoms with van der Waals surface area (Å²) in [5, 5.41) is 3.39. The topological polar surface area (TPSA) is 75.7 Å². The number of nitrogens with one attached hydrogen (secondary N) is 1. The molecule has 2 fully saturated rings. The molecule has 6 nitrogen and oxygen atoms in total. The van der Waals surface area contributed by atoms with E-state index < -0.39 is 29.4 Å². The third-order valence-electron chi connectivity index (χ3n) is 6.58. The van der Waals surface area contributed by atoms with Gasteiger partial charge in [-0.2, -0.15) is 0 Å². The lowest BCUT2D eigenvalue weighted by Crippen LogP contribution is -2.56. The fourth-order valence-electron chi connectivity index (χ4n) is 5.11. The first-order chi connectivity index (χ1) is 14.8. The highest BCUT2D eigenvalue weighted by Gasteiger charge is 2.68. The average molecular weight is 421 g/mol. The summed E-state index contributed by atoms with van der Waals surface area (Å²) < 4.78 is 5.16. The third-order valence-corrected chi connectivity index (χ3v) is 6.58. The number of ether oxygens (including phenoxy) is 1. The van der Waals surface area contributed by atoms with E-state index in [1.807, 2.05) is 57.2 Å². The van der Waals surface area contributed by atoms with Crippen LogP contribution in [0.3, 0.4) is 0 Å². The second-order valence-electron chi connectivity index (χ2n) is 8.60. The quantitative estimate of drug-likeness (QED) is 0.592. The Morgan fingerprint density at radius 2 is 1.58 bits per heavy atom. The lowest BCUT2D eigenvalue weighted by atomic mass is 9.77. The number of carbonyl (C=O) groups excluding carboxylic acids is 3. The SMILES string of the molecule is CCC[C@]1(C(=O)OC)N[C@@H](c2ccc(C)cc2)[C@H]2C(=O)N(c3ccc(C)cc3)C(=O)[C@@H]21. The fraction of sp³-hybridized carbons (Fsp3) is 0.400. The van der Waals surface area contributed by atoms with Crippen LogP contribution in [0, 0.1) is 25.7 Å². The van der Waals surface area contributed by atoms with Crippen LogP contribution in [0.15, 0.2) is 48.5 Å². The molecular formula is C25H28N2O4. The van der Waals surface area contributed by atoms with E-state index >= 15 is 0 Å². The van der Waals surface area contributed by atoms with Gasteiger partial charge in [0.25, 0.3) is 0 Å². The number of aryl methyl sites for hydroxylation is 2. The molecule has 0 aliphatic carbocycles. The fourth-order valence-corrected chi connectivity index (χ4v) is 5.11. The van der Waals surface area contributed by atoms with Gasteiger partial charge >= 0.3 is 5.97 Å². The number of nitrogens with zero attached hydrogens (tertiary/aromatic N) is 1. The van der Waals surface area contributed by atoms with Gasteiger partial charge in [0.1, 0.15) is 5.54 Å². The van der Waals surface area contributed by atoms with Gasteiger partial charge in [0.15, 0.2) is 0 Å². The number of imide groups is 1. The molecule has 2 aliphatic rings. The molecule has 2 aromatic carbocycles. The number of methoxy groups -OCH3 is 1. The van der Waals surface area contributed by atoms with Crippen molar-refractivity contribution in [2.75, 3.05) is 12.0 Å². The maximum absolute atomic E-state index is 13.7. The van der Waals surface area contributed by atoms with Crippen LogP contribution in [0.2, 0.25) is 0 Å². The van der Waals surface area contributed by atoms with Crippen LogP contribution in [0.5, 0.6) is 0 Å². The summed E-state index contributed by atoms with van der Waals surface area (Å²) in [5.74, 6) is -2.62. The summed E-state index contributed by atoms with van der Waals surface area (Å²) in [6.07, 6.45) is 1.07. The molecule has 0 bridgehead atoms. The first-order valence-electron chi connectivity index (χ1n) is 10.7. The van der Waals surface area contributed by atoms with Gasteiger partial charge in [-0.25, -0.2) is 4.90 Å². The van der Waals surface area contributed by atoms with Crippen LogP contribution in [0.1, 0.15) is 42.5 Å². The van der Waals surface area contributed by atoms with Crippen LogP contribution in [0.25, 0.3) is 0 Å². The van der Waals surface area contributed by atoms with Gasteiger partial charge in [0, 0.05) is 6.04 Å². The number of carbonyl (C=O) groups is 3. The number of esters is 1. The number of hydrogen-bond acceptors (Lipinski definition) is 5. The minimum absolute atomic E-state index is 0.279. The maximum Gasteiger partial charge on any atom is 0.326 e. The van der Waals surface area contributed by atoms with E-state index in [2.05, 4.69) is 5.32 Å². The van der Waals surface area contributed by atoms with Crippen LogP contribution in [-0.4, -0.2) is 30.4 Å². The van der Waals surface area contributed by atoms with Crippen LogP contribution in [0.4, 0.5) is 5.69 Å². The summed E-state index contributed by atoms with van der Waals surface area (Å²) in [7, 11) is 1.33. The summed E-state index contributed by atoms with van der Waals surface area (Å²) in [6, 6.07) is 14.7. The maximum atomic E-state index is 13.7. The minimum Gasteiger partial charge on any atom is -0.468 e. The molecule has 2 saturated heterocycles. The van der Waals surface area contributed by atoms with Gasteiger partial charge in [-0.3, -0.25) is 19.7 Å². The van der Waals surface area contributed by atoms with E-state index in [4.69, 9.17) is 4.74 Å². The molecule has 0 saturated carbocycles.